The first-order valence-corrected chi connectivity index (χ1v) is 18.6. The van der Waals surface area contributed by atoms with E-state index in [1.54, 1.807) is 60.7 Å². The van der Waals surface area contributed by atoms with Crippen LogP contribution in [-0.2, 0) is 5.41 Å². The van der Waals surface area contributed by atoms with Crippen LogP contribution < -0.4 is 4.90 Å². The summed E-state index contributed by atoms with van der Waals surface area (Å²) in [7, 11) is 0. The molecule has 5 heteroatoms. The molecule has 0 fully saturated rings. The Balaban J connectivity index is 1.20. The summed E-state index contributed by atoms with van der Waals surface area (Å²) in [5.74, 6) is -1.10. The molecule has 0 saturated carbocycles. The van der Waals surface area contributed by atoms with Gasteiger partial charge in [-0.2, -0.15) is 0 Å². The molecule has 0 aromatic heterocycles. The molecule has 1 aliphatic heterocycles. The molecular formula is C51H29NO4. The maximum atomic E-state index is 13.6. The lowest BCUT2D eigenvalue weighted by Gasteiger charge is -2.45. The van der Waals surface area contributed by atoms with Gasteiger partial charge in [0.25, 0.3) is 0 Å². The van der Waals surface area contributed by atoms with Crippen molar-refractivity contribution in [3.8, 4) is 11.1 Å². The lowest BCUT2D eigenvalue weighted by Crippen LogP contribution is -2.36. The Morgan fingerprint density at radius 3 is 1.12 bits per heavy atom. The minimum Gasteiger partial charge on any atom is -0.310 e. The van der Waals surface area contributed by atoms with Gasteiger partial charge in [-0.1, -0.05) is 127 Å². The second-order valence-corrected chi connectivity index (χ2v) is 14.6. The second kappa shape index (κ2) is 11.7. The monoisotopic (exact) mass is 719 g/mol. The molecule has 0 radical (unpaired) electrons. The molecule has 0 saturated heterocycles. The number of fused-ring (bicyclic) bond motifs is 11. The maximum absolute atomic E-state index is 13.6. The van der Waals surface area contributed by atoms with Gasteiger partial charge in [-0.15, -0.1) is 0 Å². The summed E-state index contributed by atoms with van der Waals surface area (Å²) in [5.41, 5.74) is 11.8. The Morgan fingerprint density at radius 2 is 0.714 bits per heavy atom. The standard InChI is InChI=1S/C51H29NO4/c53-47-35-16-4-5-17-36(35)48(54)39(47)26-30-22-24-45-43(28-30)51(41-20-10-8-14-33(41)34-15-9-11-21-42(34)51)44-29-31(23-25-46(44)52(45)32-12-2-1-3-13-32)27-40-49(55)37-18-6-7-19-38(37)50(40)56/h1-29H. The normalized spacial score (nSPS) is 15.3. The number of allylic oxidation sites excluding steroid dienone is 2. The summed E-state index contributed by atoms with van der Waals surface area (Å²) in [6, 6.07) is 53.4. The number of Topliss-reactive ketones (excluding diaryl/α,β-unsaturated/α-hetero) is 4. The average molecular weight is 720 g/mol. The predicted octanol–water partition coefficient (Wildman–Crippen LogP) is 10.8. The van der Waals surface area contributed by atoms with Gasteiger partial charge in [-0.05, 0) is 93.1 Å². The van der Waals surface area contributed by atoms with Crippen LogP contribution in [0.3, 0.4) is 0 Å². The number of hydrogen-bond donors (Lipinski definition) is 0. The molecule has 7 aromatic rings. The van der Waals surface area contributed by atoms with Gasteiger partial charge in [0.2, 0.25) is 0 Å². The van der Waals surface area contributed by atoms with Crippen LogP contribution in [0.2, 0.25) is 0 Å². The van der Waals surface area contributed by atoms with Crippen LogP contribution in [0.25, 0.3) is 23.3 Å². The van der Waals surface area contributed by atoms with E-state index in [9.17, 15) is 19.2 Å². The average Bonchev–Trinajstić information content (AvgIpc) is 3.77. The van der Waals surface area contributed by atoms with Gasteiger partial charge >= 0.3 is 0 Å². The van der Waals surface area contributed by atoms with Gasteiger partial charge in [-0.3, -0.25) is 19.2 Å². The third-order valence-corrected chi connectivity index (χ3v) is 11.7. The molecule has 0 N–H and O–H groups in total. The largest absolute Gasteiger partial charge is 0.310 e. The Kier molecular flexibility index (Phi) is 6.71. The zero-order valence-corrected chi connectivity index (χ0v) is 29.8. The molecule has 262 valence electrons. The maximum Gasteiger partial charge on any atom is 0.197 e. The molecule has 11 rings (SSSR count). The van der Waals surface area contributed by atoms with Crippen molar-refractivity contribution in [2.75, 3.05) is 4.90 Å². The number of hydrogen-bond acceptors (Lipinski definition) is 5. The minimum absolute atomic E-state index is 0.143. The van der Waals surface area contributed by atoms with Crippen molar-refractivity contribution in [1.82, 2.24) is 0 Å². The van der Waals surface area contributed by atoms with Crippen molar-refractivity contribution in [1.29, 1.82) is 0 Å². The van der Waals surface area contributed by atoms with E-state index in [4.69, 9.17) is 0 Å². The van der Waals surface area contributed by atoms with E-state index < -0.39 is 5.41 Å². The summed E-state index contributed by atoms with van der Waals surface area (Å²) in [6.45, 7) is 0. The highest BCUT2D eigenvalue weighted by Gasteiger charge is 2.52. The van der Waals surface area contributed by atoms with Gasteiger partial charge in [0.1, 0.15) is 0 Å². The number of carbonyl (C=O) groups excluding carboxylic acids is 4. The van der Waals surface area contributed by atoms with Gasteiger partial charge in [0.05, 0.1) is 27.9 Å². The number of benzene rings is 7. The molecule has 0 unspecified atom stereocenters. The molecule has 1 heterocycles. The third kappa shape index (κ3) is 4.25. The molecule has 7 aromatic carbocycles. The number of ketones is 4. The molecule has 3 aliphatic carbocycles. The summed E-state index contributed by atoms with van der Waals surface area (Å²) in [4.78, 5) is 56.7. The summed E-state index contributed by atoms with van der Waals surface area (Å²) in [6.07, 6.45) is 3.45. The minimum atomic E-state index is -0.856. The van der Waals surface area contributed by atoms with Gasteiger partial charge < -0.3 is 4.90 Å². The molecular weight excluding hydrogens is 691 g/mol. The zero-order chi connectivity index (χ0) is 37.7. The van der Waals surface area contributed by atoms with Gasteiger partial charge in [-0.25, -0.2) is 0 Å². The SMILES string of the molecule is O=C1C(=Cc2ccc3c(c2)C2(c4ccccc4-c4ccccc42)c2cc(C=C4C(=O)c5ccccc5C4=O)ccc2N3c2ccccc2)C(=O)c2ccccc21. The zero-order valence-electron chi connectivity index (χ0n) is 29.8. The molecule has 56 heavy (non-hydrogen) atoms. The smallest absolute Gasteiger partial charge is 0.197 e. The third-order valence-electron chi connectivity index (χ3n) is 11.7. The Bertz CT molecular complexity index is 2750. The van der Waals surface area contributed by atoms with Crippen molar-refractivity contribution in [2.45, 2.75) is 5.41 Å². The topological polar surface area (TPSA) is 71.5 Å². The Hall–Kier alpha value is -7.50. The van der Waals surface area contributed by atoms with Crippen molar-refractivity contribution < 1.29 is 19.2 Å². The lowest BCUT2D eigenvalue weighted by atomic mass is 9.64. The van der Waals surface area contributed by atoms with Crippen LogP contribution >= 0.6 is 0 Å². The van der Waals surface area contributed by atoms with E-state index in [1.165, 1.54) is 0 Å². The highest BCUT2D eigenvalue weighted by Crippen LogP contribution is 2.63. The van der Waals surface area contributed by atoms with Crippen LogP contribution in [-0.4, -0.2) is 23.1 Å². The molecule has 0 bridgehead atoms. The van der Waals surface area contributed by atoms with Crippen molar-refractivity contribution in [3.05, 3.63) is 231 Å². The van der Waals surface area contributed by atoms with Crippen molar-refractivity contribution >= 4 is 52.3 Å². The molecule has 0 amide bonds. The molecule has 0 atom stereocenters. The fraction of sp³-hybridized carbons (Fsp3) is 0.0196. The van der Waals surface area contributed by atoms with Crippen LogP contribution in [0.1, 0.15) is 74.8 Å². The number of rotatable bonds is 3. The quantitative estimate of drug-likeness (QED) is 0.134. The number of carbonyl (C=O) groups is 4. The summed E-state index contributed by atoms with van der Waals surface area (Å²) < 4.78 is 0. The van der Waals surface area contributed by atoms with E-state index in [1.807, 2.05) is 30.3 Å². The fourth-order valence-corrected chi connectivity index (χ4v) is 9.36. The molecule has 4 aliphatic rings. The van der Waals surface area contributed by atoms with Crippen LogP contribution in [0.4, 0.5) is 17.1 Å². The first-order chi connectivity index (χ1) is 27.4. The van der Waals surface area contributed by atoms with Crippen molar-refractivity contribution in [2.24, 2.45) is 0 Å². The second-order valence-electron chi connectivity index (χ2n) is 14.6. The number of anilines is 3. The van der Waals surface area contributed by atoms with Crippen molar-refractivity contribution in [3.63, 3.8) is 0 Å². The van der Waals surface area contributed by atoms with Crippen LogP contribution in [0, 0.1) is 0 Å². The Morgan fingerprint density at radius 1 is 0.357 bits per heavy atom. The lowest BCUT2D eigenvalue weighted by molar-refractivity contribution is 0.0975. The first-order valence-electron chi connectivity index (χ1n) is 18.6. The van der Waals surface area contributed by atoms with E-state index in [-0.39, 0.29) is 34.3 Å². The molecule has 1 spiro atoms. The first kappa shape index (κ1) is 32.0. The van der Waals surface area contributed by atoms with Crippen LogP contribution in [0.15, 0.2) is 175 Å². The molecule has 5 nitrogen and oxygen atoms in total. The number of nitrogens with zero attached hydrogens (tertiary/aromatic N) is 1. The van der Waals surface area contributed by atoms with E-state index in [0.717, 1.165) is 61.6 Å². The highest BCUT2D eigenvalue weighted by atomic mass is 16.2. The summed E-state index contributed by atoms with van der Waals surface area (Å²) >= 11 is 0. The van der Waals surface area contributed by atoms with Gasteiger partial charge in [0, 0.05) is 27.9 Å². The van der Waals surface area contributed by atoms with Gasteiger partial charge in [0.15, 0.2) is 23.1 Å². The predicted molar refractivity (Wildman–Crippen MR) is 218 cm³/mol. The van der Waals surface area contributed by atoms with E-state index in [0.29, 0.717) is 22.3 Å². The van der Waals surface area contributed by atoms with Crippen LogP contribution in [0.5, 0.6) is 0 Å². The highest BCUT2D eigenvalue weighted by molar-refractivity contribution is 6.42. The fourth-order valence-electron chi connectivity index (χ4n) is 9.36. The summed E-state index contributed by atoms with van der Waals surface area (Å²) in [5, 5.41) is 0. The van der Waals surface area contributed by atoms with E-state index in [2.05, 4.69) is 89.8 Å². The number of para-hydroxylation sites is 1. The Labute approximate surface area is 322 Å². The van der Waals surface area contributed by atoms with E-state index >= 15 is 0 Å².